The van der Waals surface area contributed by atoms with E-state index in [1.165, 1.54) is 0 Å². The third-order valence-corrected chi connectivity index (χ3v) is 5.70. The summed E-state index contributed by atoms with van der Waals surface area (Å²) in [5.41, 5.74) is 2.81. The van der Waals surface area contributed by atoms with Crippen molar-refractivity contribution in [3.8, 4) is 0 Å². The quantitative estimate of drug-likeness (QED) is 0.347. The van der Waals surface area contributed by atoms with Crippen LogP contribution in [0.4, 0.5) is 3.89 Å². The molecule has 1 saturated heterocycles. The highest BCUT2D eigenvalue weighted by Crippen LogP contribution is 2.26. The Morgan fingerprint density at radius 2 is 1.90 bits per heavy atom. The van der Waals surface area contributed by atoms with E-state index in [1.54, 1.807) is 0 Å². The van der Waals surface area contributed by atoms with Crippen molar-refractivity contribution in [2.24, 2.45) is 15.1 Å². The van der Waals surface area contributed by atoms with Crippen LogP contribution in [0, 0.1) is 0 Å². The molecule has 1 amide bonds. The van der Waals surface area contributed by atoms with Gasteiger partial charge in [-0.05, 0) is 24.3 Å². The molecule has 5 atom stereocenters. The number of halogens is 1. The summed E-state index contributed by atoms with van der Waals surface area (Å²) in [6.45, 7) is -0.451. The van der Waals surface area contributed by atoms with Gasteiger partial charge < -0.3 is 19.7 Å². The van der Waals surface area contributed by atoms with Gasteiger partial charge in [-0.3, -0.25) is 10.2 Å². The summed E-state index contributed by atoms with van der Waals surface area (Å²) in [5.74, 6) is -1.40. The lowest BCUT2D eigenvalue weighted by Gasteiger charge is -2.16. The normalized spacial score (nSPS) is 29.8. The molecule has 3 aliphatic heterocycles. The minimum Gasteiger partial charge on any atom is -0.459 e. The average Bonchev–Trinajstić information content (AvgIpc) is 3.28. The van der Waals surface area contributed by atoms with E-state index in [0.29, 0.717) is 0 Å². The number of hydrogen-bond acceptors (Lipinski definition) is 11. The van der Waals surface area contributed by atoms with E-state index in [-0.39, 0.29) is 17.0 Å². The van der Waals surface area contributed by atoms with Crippen molar-refractivity contribution >= 4 is 39.9 Å². The van der Waals surface area contributed by atoms with E-state index in [0.717, 1.165) is 30.6 Å². The fourth-order valence-electron chi connectivity index (χ4n) is 3.25. The van der Waals surface area contributed by atoms with Crippen LogP contribution in [0.1, 0.15) is 10.4 Å². The number of aliphatic imine (C=N–C) groups is 2. The molecule has 164 valence electrons. The molecule has 0 saturated carbocycles. The third kappa shape index (κ3) is 3.97. The van der Waals surface area contributed by atoms with E-state index in [2.05, 4.69) is 20.5 Å². The Morgan fingerprint density at radius 1 is 1.19 bits per heavy atom. The van der Waals surface area contributed by atoms with Gasteiger partial charge in [-0.25, -0.2) is 9.79 Å². The van der Waals surface area contributed by atoms with Gasteiger partial charge >= 0.3 is 16.2 Å². The molecule has 4 rings (SSSR count). The SMILES string of the molecule is O=C(OC[C@H]1O[C@@H](C2=NNC3C(=O)N=CN=C23)[C@H](O)[C@@H]1O)c1ccc(S(=O)(=O)F)cc1. The first-order valence-electron chi connectivity index (χ1n) is 8.88. The van der Waals surface area contributed by atoms with Crippen LogP contribution >= 0.6 is 0 Å². The Morgan fingerprint density at radius 3 is 2.58 bits per heavy atom. The number of esters is 1. The van der Waals surface area contributed by atoms with E-state index in [4.69, 9.17) is 9.47 Å². The number of nitrogens with one attached hydrogen (secondary N) is 1. The Hall–Kier alpha value is -3.07. The number of ether oxygens (including phenoxy) is 2. The molecule has 0 aromatic heterocycles. The minimum absolute atomic E-state index is 0.0569. The fourth-order valence-corrected chi connectivity index (χ4v) is 3.71. The van der Waals surface area contributed by atoms with Crippen LogP contribution in [-0.2, 0) is 24.5 Å². The molecule has 1 unspecified atom stereocenters. The van der Waals surface area contributed by atoms with Gasteiger partial charge in [-0.15, -0.1) is 3.89 Å². The number of hydrogen-bond donors (Lipinski definition) is 3. The molecule has 0 aliphatic carbocycles. The summed E-state index contributed by atoms with van der Waals surface area (Å²) in [6.07, 6.45) is -4.08. The van der Waals surface area contributed by atoms with Crippen molar-refractivity contribution in [2.45, 2.75) is 35.4 Å². The molecule has 1 aromatic rings. The average molecular weight is 454 g/mol. The second kappa shape index (κ2) is 7.88. The van der Waals surface area contributed by atoms with E-state index < -0.39 is 64.1 Å². The first-order chi connectivity index (χ1) is 14.7. The Bertz CT molecular complexity index is 1120. The first-order valence-corrected chi connectivity index (χ1v) is 10.3. The topological polar surface area (TPSA) is 176 Å². The van der Waals surface area contributed by atoms with Crippen molar-refractivity contribution in [1.82, 2.24) is 5.43 Å². The monoisotopic (exact) mass is 454 g/mol. The molecule has 1 fully saturated rings. The number of hydrazone groups is 1. The third-order valence-electron chi connectivity index (χ3n) is 4.86. The van der Waals surface area contributed by atoms with Crippen LogP contribution in [0.25, 0.3) is 0 Å². The molecular formula is C17H15FN4O8S. The molecule has 3 aliphatic rings. The van der Waals surface area contributed by atoms with Gasteiger partial charge in [0, 0.05) is 0 Å². The van der Waals surface area contributed by atoms with Crippen LogP contribution in [-0.4, -0.2) is 85.3 Å². The van der Waals surface area contributed by atoms with Gasteiger partial charge in [0.25, 0.3) is 5.91 Å². The van der Waals surface area contributed by atoms with E-state index in [1.807, 2.05) is 0 Å². The van der Waals surface area contributed by atoms with Gasteiger partial charge in [-0.2, -0.15) is 18.5 Å². The van der Waals surface area contributed by atoms with E-state index in [9.17, 15) is 32.1 Å². The molecule has 14 heteroatoms. The molecule has 12 nitrogen and oxygen atoms in total. The molecule has 0 bridgehead atoms. The minimum atomic E-state index is -4.90. The summed E-state index contributed by atoms with van der Waals surface area (Å²) in [5, 5.41) is 24.6. The second-order valence-electron chi connectivity index (χ2n) is 6.79. The van der Waals surface area contributed by atoms with Crippen molar-refractivity contribution < 1.29 is 41.6 Å². The zero-order valence-corrected chi connectivity index (χ0v) is 16.3. The maximum Gasteiger partial charge on any atom is 0.338 e. The van der Waals surface area contributed by atoms with Crippen molar-refractivity contribution in [1.29, 1.82) is 0 Å². The van der Waals surface area contributed by atoms with Gasteiger partial charge in [0.2, 0.25) is 0 Å². The Labute approximate surface area is 174 Å². The number of aliphatic hydroxyl groups is 2. The van der Waals surface area contributed by atoms with Gasteiger partial charge in [-0.1, -0.05) is 0 Å². The van der Waals surface area contributed by atoms with Crippen LogP contribution in [0.5, 0.6) is 0 Å². The number of benzene rings is 1. The molecular weight excluding hydrogens is 439 g/mol. The van der Waals surface area contributed by atoms with Crippen molar-refractivity contribution in [3.63, 3.8) is 0 Å². The molecule has 0 radical (unpaired) electrons. The van der Waals surface area contributed by atoms with Crippen LogP contribution in [0.15, 0.2) is 44.2 Å². The number of amides is 1. The maximum absolute atomic E-state index is 12.9. The summed E-state index contributed by atoms with van der Waals surface area (Å²) in [4.78, 5) is 30.8. The highest BCUT2D eigenvalue weighted by Gasteiger charge is 2.50. The lowest BCUT2D eigenvalue weighted by Crippen LogP contribution is -2.44. The molecule has 3 N–H and O–H groups in total. The molecule has 0 spiro atoms. The summed E-state index contributed by atoms with van der Waals surface area (Å²) in [7, 11) is -4.90. The molecule has 1 aromatic carbocycles. The summed E-state index contributed by atoms with van der Waals surface area (Å²) in [6, 6.07) is 3.04. The second-order valence-corrected chi connectivity index (χ2v) is 8.14. The lowest BCUT2D eigenvalue weighted by molar-refractivity contribution is -0.118. The van der Waals surface area contributed by atoms with Crippen LogP contribution in [0.2, 0.25) is 0 Å². The zero-order chi connectivity index (χ0) is 22.3. The van der Waals surface area contributed by atoms with E-state index >= 15 is 0 Å². The van der Waals surface area contributed by atoms with Gasteiger partial charge in [0.1, 0.15) is 48.8 Å². The number of nitrogens with zero attached hydrogens (tertiary/aromatic N) is 3. The predicted molar refractivity (Wildman–Crippen MR) is 101 cm³/mol. The van der Waals surface area contributed by atoms with Gasteiger partial charge in [0.05, 0.1) is 10.5 Å². The number of fused-ring (bicyclic) bond motifs is 1. The van der Waals surface area contributed by atoms with Crippen LogP contribution < -0.4 is 5.43 Å². The largest absolute Gasteiger partial charge is 0.459 e. The number of rotatable bonds is 5. The molecule has 31 heavy (non-hydrogen) atoms. The fraction of sp³-hybridized carbons (Fsp3) is 0.353. The summed E-state index contributed by atoms with van der Waals surface area (Å²) < 4.78 is 45.2. The number of carbonyl (C=O) groups excluding carboxylic acids is 2. The summed E-state index contributed by atoms with van der Waals surface area (Å²) >= 11 is 0. The maximum atomic E-state index is 12.9. The van der Waals surface area contributed by atoms with Crippen molar-refractivity contribution in [2.75, 3.05) is 6.61 Å². The molecule has 3 heterocycles. The highest BCUT2D eigenvalue weighted by atomic mass is 32.3. The van der Waals surface area contributed by atoms with Crippen molar-refractivity contribution in [3.05, 3.63) is 29.8 Å². The first kappa shape index (κ1) is 21.2. The standard InChI is InChI=1S/C17H15FN4O8S/c18-31(27,28)8-3-1-7(2-4-8)17(26)29-5-9-13(23)14(24)15(30-9)11-10-12(22-21-11)16(25)20-6-19-10/h1-4,6,9,12-15,22-24H,5H2/t9-,12?,13-,14-,15+/m1/s1. The predicted octanol–water partition coefficient (Wildman–Crippen LogP) is -1.67. The highest BCUT2D eigenvalue weighted by molar-refractivity contribution is 7.86. The Kier molecular flexibility index (Phi) is 5.38. The Balaban J connectivity index is 1.40. The number of aliphatic hydroxyl groups excluding tert-OH is 2. The zero-order valence-electron chi connectivity index (χ0n) is 15.5. The van der Waals surface area contributed by atoms with Crippen LogP contribution in [0.3, 0.4) is 0 Å². The van der Waals surface area contributed by atoms with Gasteiger partial charge in [0.15, 0.2) is 6.04 Å². The number of carbonyl (C=O) groups is 2. The smallest absolute Gasteiger partial charge is 0.338 e. The lowest BCUT2D eigenvalue weighted by atomic mass is 9.98.